The summed E-state index contributed by atoms with van der Waals surface area (Å²) >= 11 is 0. The van der Waals surface area contributed by atoms with E-state index in [1.54, 1.807) is 22.9 Å². The maximum absolute atomic E-state index is 10.6. The third-order valence-electron chi connectivity index (χ3n) is 2.29. The fourth-order valence-electron chi connectivity index (χ4n) is 1.51. The van der Waals surface area contributed by atoms with Crippen molar-refractivity contribution in [3.8, 4) is 6.07 Å². The van der Waals surface area contributed by atoms with Crippen molar-refractivity contribution >= 4 is 5.69 Å². The van der Waals surface area contributed by atoms with Crippen molar-refractivity contribution in [2.24, 2.45) is 0 Å². The molecule has 6 nitrogen and oxygen atoms in total. The van der Waals surface area contributed by atoms with Gasteiger partial charge in [0.1, 0.15) is 6.07 Å². The normalized spacial score (nSPS) is 9.82. The molecule has 0 fully saturated rings. The number of nitriles is 1. The second kappa shape index (κ2) is 4.45. The lowest BCUT2D eigenvalue weighted by atomic mass is 10.2. The summed E-state index contributed by atoms with van der Waals surface area (Å²) in [7, 11) is 0. The zero-order valence-electron chi connectivity index (χ0n) is 8.78. The largest absolute Gasteiger partial charge is 0.318 e. The Kier molecular flexibility index (Phi) is 2.83. The lowest BCUT2D eigenvalue weighted by molar-refractivity contribution is -0.384. The van der Waals surface area contributed by atoms with Crippen molar-refractivity contribution in [3.05, 3.63) is 58.2 Å². The molecule has 6 heteroatoms. The van der Waals surface area contributed by atoms with Crippen LogP contribution in [0.4, 0.5) is 5.69 Å². The van der Waals surface area contributed by atoms with Gasteiger partial charge in [-0.05, 0) is 5.56 Å². The van der Waals surface area contributed by atoms with E-state index in [0.29, 0.717) is 6.54 Å². The summed E-state index contributed by atoms with van der Waals surface area (Å²) in [4.78, 5) is 14.0. The Balaban J connectivity index is 2.28. The van der Waals surface area contributed by atoms with Gasteiger partial charge in [-0.2, -0.15) is 5.26 Å². The minimum atomic E-state index is -0.442. The highest BCUT2D eigenvalue weighted by atomic mass is 16.6. The first-order chi connectivity index (χ1) is 8.20. The molecule has 0 saturated heterocycles. The van der Waals surface area contributed by atoms with Crippen molar-refractivity contribution in [2.75, 3.05) is 0 Å². The summed E-state index contributed by atoms with van der Waals surface area (Å²) in [6.07, 6.45) is 3.19. The topological polar surface area (TPSA) is 84.8 Å². The second-order valence-corrected chi connectivity index (χ2v) is 3.42. The van der Waals surface area contributed by atoms with Crippen LogP contribution in [0.1, 0.15) is 11.4 Å². The van der Waals surface area contributed by atoms with Gasteiger partial charge in [-0.3, -0.25) is 10.1 Å². The number of benzene rings is 1. The average Bonchev–Trinajstić information content (AvgIpc) is 2.76. The fraction of sp³-hybridized carbons (Fsp3) is 0.0909. The second-order valence-electron chi connectivity index (χ2n) is 3.42. The molecule has 0 aliphatic carbocycles. The van der Waals surface area contributed by atoms with Gasteiger partial charge in [0.2, 0.25) is 5.82 Å². The summed E-state index contributed by atoms with van der Waals surface area (Å²) in [6.45, 7) is 0.393. The smallest absolute Gasteiger partial charge is 0.269 e. The van der Waals surface area contributed by atoms with E-state index in [0.717, 1.165) is 5.56 Å². The van der Waals surface area contributed by atoms with E-state index in [-0.39, 0.29) is 11.5 Å². The van der Waals surface area contributed by atoms with E-state index in [2.05, 4.69) is 4.98 Å². The third kappa shape index (κ3) is 2.29. The Bertz CT molecular complexity index is 598. The summed E-state index contributed by atoms with van der Waals surface area (Å²) in [6, 6.07) is 8.27. The van der Waals surface area contributed by atoms with Gasteiger partial charge in [0, 0.05) is 31.1 Å². The first kappa shape index (κ1) is 10.8. The SMILES string of the molecule is N#Cc1nccn1Cc1cccc([N+](=O)[O-])c1. The van der Waals surface area contributed by atoms with E-state index >= 15 is 0 Å². The molecule has 0 radical (unpaired) electrons. The fourth-order valence-corrected chi connectivity index (χ4v) is 1.51. The number of nitro groups is 1. The molecule has 84 valence electrons. The van der Waals surface area contributed by atoms with Gasteiger partial charge in [-0.25, -0.2) is 4.98 Å². The van der Waals surface area contributed by atoms with Crippen LogP contribution < -0.4 is 0 Å². The summed E-state index contributed by atoms with van der Waals surface area (Å²) < 4.78 is 1.64. The lowest BCUT2D eigenvalue weighted by Crippen LogP contribution is -2.01. The zero-order valence-corrected chi connectivity index (χ0v) is 8.78. The van der Waals surface area contributed by atoms with Crippen LogP contribution in [0.5, 0.6) is 0 Å². The van der Waals surface area contributed by atoms with Crippen molar-refractivity contribution in [3.63, 3.8) is 0 Å². The molecule has 0 N–H and O–H groups in total. The maximum Gasteiger partial charge on any atom is 0.269 e. The molecule has 0 unspecified atom stereocenters. The molecule has 1 heterocycles. The highest BCUT2D eigenvalue weighted by Gasteiger charge is 2.07. The van der Waals surface area contributed by atoms with E-state index in [1.165, 1.54) is 18.3 Å². The Morgan fingerprint density at radius 3 is 3.06 bits per heavy atom. The van der Waals surface area contributed by atoms with Crippen LogP contribution in [0.25, 0.3) is 0 Å². The van der Waals surface area contributed by atoms with Crippen LogP contribution in [-0.4, -0.2) is 14.5 Å². The summed E-state index contributed by atoms with van der Waals surface area (Å²) in [5.74, 6) is 0.288. The Morgan fingerprint density at radius 1 is 1.53 bits per heavy atom. The molecule has 0 amide bonds. The van der Waals surface area contributed by atoms with Crippen molar-refractivity contribution in [2.45, 2.75) is 6.54 Å². The monoisotopic (exact) mass is 228 g/mol. The minimum absolute atomic E-state index is 0.0427. The number of nitrogens with zero attached hydrogens (tertiary/aromatic N) is 4. The summed E-state index contributed by atoms with van der Waals surface area (Å²) in [5, 5.41) is 19.4. The third-order valence-corrected chi connectivity index (χ3v) is 2.29. The van der Waals surface area contributed by atoms with Gasteiger partial charge in [-0.1, -0.05) is 12.1 Å². The minimum Gasteiger partial charge on any atom is -0.318 e. The van der Waals surface area contributed by atoms with E-state index < -0.39 is 4.92 Å². The van der Waals surface area contributed by atoms with Crippen LogP contribution >= 0.6 is 0 Å². The molecule has 0 saturated carbocycles. The average molecular weight is 228 g/mol. The predicted molar refractivity (Wildman–Crippen MR) is 59.1 cm³/mol. The number of non-ortho nitro benzene ring substituents is 1. The molecule has 0 bridgehead atoms. The van der Waals surface area contributed by atoms with Crippen LogP contribution in [0.3, 0.4) is 0 Å². The molecule has 1 aromatic carbocycles. The van der Waals surface area contributed by atoms with E-state index in [1.807, 2.05) is 6.07 Å². The molecule has 1 aromatic heterocycles. The molecule has 2 rings (SSSR count). The van der Waals surface area contributed by atoms with Crippen molar-refractivity contribution in [1.29, 1.82) is 5.26 Å². The summed E-state index contributed by atoms with van der Waals surface area (Å²) in [5.41, 5.74) is 0.801. The van der Waals surface area contributed by atoms with Crippen molar-refractivity contribution in [1.82, 2.24) is 9.55 Å². The van der Waals surface area contributed by atoms with Gasteiger partial charge < -0.3 is 4.57 Å². The lowest BCUT2D eigenvalue weighted by Gasteiger charge is -2.03. The van der Waals surface area contributed by atoms with E-state index in [9.17, 15) is 10.1 Å². The van der Waals surface area contributed by atoms with Crippen molar-refractivity contribution < 1.29 is 4.92 Å². The standard InChI is InChI=1S/C11H8N4O2/c12-7-11-13-4-5-14(11)8-9-2-1-3-10(6-9)15(16)17/h1-6H,8H2. The number of rotatable bonds is 3. The molecule has 0 aliphatic rings. The molecule has 17 heavy (non-hydrogen) atoms. The molecule has 0 atom stereocenters. The highest BCUT2D eigenvalue weighted by molar-refractivity contribution is 5.34. The highest BCUT2D eigenvalue weighted by Crippen LogP contribution is 2.14. The van der Waals surface area contributed by atoms with Gasteiger partial charge >= 0.3 is 0 Å². The first-order valence-electron chi connectivity index (χ1n) is 4.85. The zero-order chi connectivity index (χ0) is 12.3. The molecular weight excluding hydrogens is 220 g/mol. The van der Waals surface area contributed by atoms with Crippen LogP contribution in [0.15, 0.2) is 36.7 Å². The van der Waals surface area contributed by atoms with E-state index in [4.69, 9.17) is 5.26 Å². The number of hydrogen-bond acceptors (Lipinski definition) is 4. The Hall–Kier alpha value is -2.68. The van der Waals surface area contributed by atoms with Crippen LogP contribution in [-0.2, 0) is 6.54 Å². The number of aromatic nitrogens is 2. The van der Waals surface area contributed by atoms with Crippen LogP contribution in [0, 0.1) is 21.4 Å². The Morgan fingerprint density at radius 2 is 2.35 bits per heavy atom. The molecule has 0 spiro atoms. The quantitative estimate of drug-likeness (QED) is 0.591. The van der Waals surface area contributed by atoms with Crippen LogP contribution in [0.2, 0.25) is 0 Å². The molecule has 2 aromatic rings. The molecular formula is C11H8N4O2. The Labute approximate surface area is 96.9 Å². The predicted octanol–water partition coefficient (Wildman–Crippen LogP) is 1.71. The first-order valence-corrected chi connectivity index (χ1v) is 4.85. The number of imidazole rings is 1. The maximum atomic E-state index is 10.6. The van der Waals surface area contributed by atoms with Gasteiger partial charge in [-0.15, -0.1) is 0 Å². The molecule has 0 aliphatic heterocycles. The number of nitro benzene ring substituents is 1. The van der Waals surface area contributed by atoms with Gasteiger partial charge in [0.05, 0.1) is 4.92 Å². The number of hydrogen-bond donors (Lipinski definition) is 0. The van der Waals surface area contributed by atoms with Gasteiger partial charge in [0.15, 0.2) is 0 Å². The van der Waals surface area contributed by atoms with Gasteiger partial charge in [0.25, 0.3) is 5.69 Å².